The summed E-state index contributed by atoms with van der Waals surface area (Å²) in [6.07, 6.45) is 2.04. The monoisotopic (exact) mass is 501 g/mol. The van der Waals surface area contributed by atoms with Gasteiger partial charge in [0.2, 0.25) is 0 Å². The summed E-state index contributed by atoms with van der Waals surface area (Å²) in [6, 6.07) is 19.1. The van der Waals surface area contributed by atoms with Gasteiger partial charge in [0, 0.05) is 16.5 Å². The van der Waals surface area contributed by atoms with Gasteiger partial charge in [-0.2, -0.15) is 0 Å². The lowest BCUT2D eigenvalue weighted by atomic mass is 9.94. The Kier molecular flexibility index (Phi) is 7.65. The van der Waals surface area contributed by atoms with E-state index < -0.39 is 6.10 Å². The maximum Gasteiger partial charge on any atom is 0.261 e. The molecule has 37 heavy (non-hydrogen) atoms. The van der Waals surface area contributed by atoms with Crippen molar-refractivity contribution in [1.29, 1.82) is 0 Å². The molecule has 0 aromatic heterocycles. The molecule has 0 spiro atoms. The number of carbonyl (C=O) groups is 2. The molecule has 3 N–H and O–H groups in total. The van der Waals surface area contributed by atoms with Crippen molar-refractivity contribution < 1.29 is 29.2 Å². The Morgan fingerprint density at radius 1 is 0.919 bits per heavy atom. The molecular formula is C30H35N3O4+2. The quantitative estimate of drug-likeness (QED) is 0.278. The van der Waals surface area contributed by atoms with Gasteiger partial charge in [-0.25, -0.2) is 0 Å². The fourth-order valence-corrected chi connectivity index (χ4v) is 5.51. The van der Waals surface area contributed by atoms with Crippen molar-refractivity contribution in [2.45, 2.75) is 12.5 Å². The fraction of sp³-hybridized carbons (Fsp3) is 0.333. The largest absolute Gasteiger partial charge is 0.490 e. The van der Waals surface area contributed by atoms with Crippen LogP contribution in [-0.2, 0) is 6.42 Å². The molecular weight excluding hydrogens is 466 g/mol. The van der Waals surface area contributed by atoms with E-state index in [-0.39, 0.29) is 18.4 Å². The highest BCUT2D eigenvalue weighted by molar-refractivity contribution is 6.25. The third-order valence-electron chi connectivity index (χ3n) is 7.50. The van der Waals surface area contributed by atoms with Gasteiger partial charge < -0.3 is 19.6 Å². The number of para-hydroxylation sites is 1. The Balaban J connectivity index is 1.09. The molecule has 2 heterocycles. The summed E-state index contributed by atoms with van der Waals surface area (Å²) >= 11 is 0. The van der Waals surface area contributed by atoms with Gasteiger partial charge in [-0.15, -0.1) is 6.58 Å². The van der Waals surface area contributed by atoms with Crippen LogP contribution < -0.4 is 14.5 Å². The second kappa shape index (κ2) is 11.3. The number of hydrogen-bond acceptors (Lipinski definition) is 4. The number of nitrogens with zero attached hydrogens (tertiary/aromatic N) is 1. The van der Waals surface area contributed by atoms with Gasteiger partial charge in [0.05, 0.1) is 13.1 Å². The predicted octanol–water partition coefficient (Wildman–Crippen LogP) is 0.388. The van der Waals surface area contributed by atoms with Crippen molar-refractivity contribution in [3.05, 3.63) is 90.0 Å². The number of hydrogen-bond donors (Lipinski definition) is 3. The molecule has 192 valence electrons. The average Bonchev–Trinajstić information content (AvgIpc) is 2.92. The van der Waals surface area contributed by atoms with Crippen molar-refractivity contribution >= 4 is 22.6 Å². The summed E-state index contributed by atoms with van der Waals surface area (Å²) in [5, 5.41) is 12.3. The van der Waals surface area contributed by atoms with Crippen molar-refractivity contribution in [2.75, 3.05) is 52.4 Å². The van der Waals surface area contributed by atoms with Crippen LogP contribution in [0.5, 0.6) is 5.75 Å². The number of allylic oxidation sites excluding steroid dienone is 1. The lowest BCUT2D eigenvalue weighted by Gasteiger charge is -2.32. The zero-order valence-corrected chi connectivity index (χ0v) is 21.1. The van der Waals surface area contributed by atoms with Crippen LogP contribution in [0.3, 0.4) is 0 Å². The predicted molar refractivity (Wildman–Crippen MR) is 142 cm³/mol. The molecule has 0 unspecified atom stereocenters. The molecule has 2 aliphatic rings. The van der Waals surface area contributed by atoms with Crippen LogP contribution in [0.1, 0.15) is 26.3 Å². The van der Waals surface area contributed by atoms with E-state index in [2.05, 4.69) is 6.58 Å². The number of amides is 2. The summed E-state index contributed by atoms with van der Waals surface area (Å²) in [5.41, 5.74) is 2.29. The molecule has 7 heteroatoms. The van der Waals surface area contributed by atoms with Crippen LogP contribution in [-0.4, -0.2) is 80.3 Å². The number of imide groups is 1. The van der Waals surface area contributed by atoms with Gasteiger partial charge in [-0.3, -0.25) is 14.5 Å². The first-order valence-corrected chi connectivity index (χ1v) is 13.1. The molecule has 3 aromatic rings. The number of rotatable bonds is 10. The smallest absolute Gasteiger partial charge is 0.261 e. The van der Waals surface area contributed by atoms with E-state index >= 15 is 0 Å². The van der Waals surface area contributed by atoms with Crippen molar-refractivity contribution in [3.63, 3.8) is 0 Å². The van der Waals surface area contributed by atoms with Crippen molar-refractivity contribution in [2.24, 2.45) is 0 Å². The number of ether oxygens (including phenoxy) is 1. The first-order valence-electron chi connectivity index (χ1n) is 13.1. The number of aliphatic hydroxyl groups is 1. The van der Waals surface area contributed by atoms with Crippen LogP contribution in [0.15, 0.2) is 73.3 Å². The Morgan fingerprint density at radius 3 is 2.24 bits per heavy atom. The number of carbonyl (C=O) groups excluding carboxylic acids is 2. The lowest BCUT2D eigenvalue weighted by molar-refractivity contribution is -1.01. The molecule has 1 atom stereocenters. The van der Waals surface area contributed by atoms with E-state index in [1.807, 2.05) is 66.7 Å². The second-order valence-electron chi connectivity index (χ2n) is 9.99. The van der Waals surface area contributed by atoms with E-state index in [0.29, 0.717) is 24.2 Å². The maximum absolute atomic E-state index is 13.1. The third kappa shape index (κ3) is 5.44. The minimum absolute atomic E-state index is 0.198. The minimum atomic E-state index is -0.542. The highest BCUT2D eigenvalue weighted by Gasteiger charge is 2.34. The zero-order valence-electron chi connectivity index (χ0n) is 21.1. The SMILES string of the molecule is C=CCc1ccccc1OC[C@@H](O)C[NH+]1CC[NH+](CCN2C(=O)c3cccc4cccc(c34)C2=O)CC1. The highest BCUT2D eigenvalue weighted by atomic mass is 16.5. The van der Waals surface area contributed by atoms with Gasteiger partial charge in [0.25, 0.3) is 11.8 Å². The highest BCUT2D eigenvalue weighted by Crippen LogP contribution is 2.29. The fourth-order valence-electron chi connectivity index (χ4n) is 5.51. The van der Waals surface area contributed by atoms with E-state index in [9.17, 15) is 14.7 Å². The molecule has 2 aliphatic heterocycles. The van der Waals surface area contributed by atoms with E-state index in [4.69, 9.17) is 4.74 Å². The Labute approximate surface area is 217 Å². The lowest BCUT2D eigenvalue weighted by Crippen LogP contribution is -3.28. The van der Waals surface area contributed by atoms with Gasteiger partial charge in [-0.1, -0.05) is 48.5 Å². The number of aliphatic hydroxyl groups excluding tert-OH is 1. The Bertz CT molecular complexity index is 1250. The maximum atomic E-state index is 13.1. The van der Waals surface area contributed by atoms with Gasteiger partial charge in [0.15, 0.2) is 0 Å². The van der Waals surface area contributed by atoms with Crippen molar-refractivity contribution in [3.8, 4) is 5.75 Å². The van der Waals surface area contributed by atoms with Gasteiger partial charge >= 0.3 is 0 Å². The minimum Gasteiger partial charge on any atom is -0.490 e. The van der Waals surface area contributed by atoms with Crippen molar-refractivity contribution in [1.82, 2.24) is 4.90 Å². The molecule has 3 aromatic carbocycles. The third-order valence-corrected chi connectivity index (χ3v) is 7.50. The normalized spacial score (nSPS) is 20.2. The summed E-state index contributed by atoms with van der Waals surface area (Å²) in [4.78, 5) is 30.4. The number of piperazine rings is 1. The molecule has 0 aliphatic carbocycles. The molecule has 1 fully saturated rings. The van der Waals surface area contributed by atoms with E-state index in [1.165, 1.54) is 14.7 Å². The molecule has 0 radical (unpaired) electrons. The van der Waals surface area contributed by atoms with Crippen LogP contribution >= 0.6 is 0 Å². The first-order chi connectivity index (χ1) is 18.0. The molecule has 2 amide bonds. The molecule has 5 rings (SSSR count). The molecule has 0 saturated carbocycles. The second-order valence-corrected chi connectivity index (χ2v) is 9.99. The van der Waals surface area contributed by atoms with E-state index in [0.717, 1.165) is 61.2 Å². The van der Waals surface area contributed by atoms with Gasteiger partial charge in [-0.05, 0) is 35.6 Å². The summed E-state index contributed by atoms with van der Waals surface area (Å²) < 4.78 is 5.90. The van der Waals surface area contributed by atoms with Crippen LogP contribution in [0.2, 0.25) is 0 Å². The van der Waals surface area contributed by atoms with Gasteiger partial charge in [0.1, 0.15) is 51.2 Å². The summed E-state index contributed by atoms with van der Waals surface area (Å²) in [5.74, 6) is 0.401. The average molecular weight is 502 g/mol. The summed E-state index contributed by atoms with van der Waals surface area (Å²) in [7, 11) is 0. The first kappa shape index (κ1) is 25.1. The van der Waals surface area contributed by atoms with E-state index in [1.54, 1.807) is 0 Å². The van der Waals surface area contributed by atoms with Crippen LogP contribution in [0.4, 0.5) is 0 Å². The Hall–Kier alpha value is -3.52. The topological polar surface area (TPSA) is 75.7 Å². The molecule has 7 nitrogen and oxygen atoms in total. The standard InChI is InChI=1S/C30H33N3O4/c1-2-7-22-8-3-4-13-27(22)37-21-24(34)20-32-16-14-31(15-17-32)18-19-33-29(35)25-11-5-9-23-10-6-12-26(28(23)25)30(33)36/h2-6,8-13,24,34H,1,7,14-21H2/p+2/t24-/m0/s1. The Morgan fingerprint density at radius 2 is 1.57 bits per heavy atom. The number of nitrogens with one attached hydrogen (secondary N) is 2. The number of benzene rings is 3. The molecule has 1 saturated heterocycles. The zero-order chi connectivity index (χ0) is 25.8. The number of quaternary nitrogens is 2. The summed E-state index contributed by atoms with van der Waals surface area (Å²) in [6.45, 7) is 9.58. The molecule has 0 bridgehead atoms. The van der Waals surface area contributed by atoms with Crippen LogP contribution in [0, 0.1) is 0 Å². The van der Waals surface area contributed by atoms with Crippen LogP contribution in [0.25, 0.3) is 10.8 Å².